The second-order valence-electron chi connectivity index (χ2n) is 0.224. The number of hydrazine groups is 1. The Hall–Kier alpha value is -0.750. The molecule has 0 atom stereocenters. The Labute approximate surface area is 48.7 Å². The SMILES string of the molecule is N#CC#N.NN.S. The lowest BCUT2D eigenvalue weighted by Crippen LogP contribution is -2.02. The smallest absolute Gasteiger partial charge is 0.181 e. The number of nitriles is 2. The average molecular weight is 118 g/mol. The number of hydrogen-bond donors (Lipinski definition) is 2. The van der Waals surface area contributed by atoms with Crippen molar-refractivity contribution in [3.63, 3.8) is 0 Å². The molecule has 0 radical (unpaired) electrons. The van der Waals surface area contributed by atoms with Crippen LogP contribution in [0.15, 0.2) is 0 Å². The van der Waals surface area contributed by atoms with E-state index in [9.17, 15) is 0 Å². The molecule has 0 fully saturated rings. The first-order valence-electron chi connectivity index (χ1n) is 1.03. The first-order valence-corrected chi connectivity index (χ1v) is 1.03. The van der Waals surface area contributed by atoms with Crippen LogP contribution in [-0.4, -0.2) is 0 Å². The minimum absolute atomic E-state index is 0. The first kappa shape index (κ1) is 16.3. The van der Waals surface area contributed by atoms with Gasteiger partial charge in [0.2, 0.25) is 0 Å². The third-order valence-electron chi connectivity index (χ3n) is 0.0500. The van der Waals surface area contributed by atoms with E-state index in [-0.39, 0.29) is 13.5 Å². The van der Waals surface area contributed by atoms with E-state index in [2.05, 4.69) is 11.7 Å². The van der Waals surface area contributed by atoms with Crippen molar-refractivity contribution in [2.24, 2.45) is 11.7 Å². The molecule has 0 saturated carbocycles. The number of hydrogen-bond acceptors (Lipinski definition) is 4. The van der Waals surface area contributed by atoms with Gasteiger partial charge in [0.1, 0.15) is 0 Å². The van der Waals surface area contributed by atoms with E-state index in [1.165, 1.54) is 12.1 Å². The molecule has 0 amide bonds. The number of rotatable bonds is 0. The van der Waals surface area contributed by atoms with Gasteiger partial charge in [-0.25, -0.2) is 0 Å². The molecule has 0 aliphatic carbocycles. The lowest BCUT2D eigenvalue weighted by atomic mass is 10.9. The maximum atomic E-state index is 7.26. The van der Waals surface area contributed by atoms with Crippen LogP contribution in [0.2, 0.25) is 0 Å². The molecule has 0 aromatic rings. The quantitative estimate of drug-likeness (QED) is 0.313. The Bertz CT molecular complexity index is 64.7. The van der Waals surface area contributed by atoms with Gasteiger partial charge in [-0.1, -0.05) is 0 Å². The molecule has 4 N–H and O–H groups in total. The second kappa shape index (κ2) is 60.7. The molecular weight excluding hydrogens is 112 g/mol. The summed E-state index contributed by atoms with van der Waals surface area (Å²) in [6.07, 6.45) is 0. The van der Waals surface area contributed by atoms with Gasteiger partial charge in [0.05, 0.1) is 0 Å². The zero-order valence-corrected chi connectivity index (χ0v) is 4.55. The summed E-state index contributed by atoms with van der Waals surface area (Å²) in [5, 5.41) is 14.5. The largest absolute Gasteiger partial charge is 0.274 e. The summed E-state index contributed by atoms with van der Waals surface area (Å²) < 4.78 is 0. The number of nitrogens with two attached hydrogens (primary N) is 2. The van der Waals surface area contributed by atoms with Crippen LogP contribution in [0.4, 0.5) is 0 Å². The van der Waals surface area contributed by atoms with Gasteiger partial charge < -0.3 is 0 Å². The Morgan fingerprint density at radius 3 is 1.14 bits per heavy atom. The van der Waals surface area contributed by atoms with Gasteiger partial charge in [-0.2, -0.15) is 24.0 Å². The van der Waals surface area contributed by atoms with Crippen molar-refractivity contribution in [1.29, 1.82) is 10.5 Å². The lowest BCUT2D eigenvalue weighted by molar-refractivity contribution is 1.26. The van der Waals surface area contributed by atoms with E-state index in [4.69, 9.17) is 10.5 Å². The molecule has 0 bridgehead atoms. The van der Waals surface area contributed by atoms with Crippen molar-refractivity contribution < 1.29 is 0 Å². The summed E-state index contributed by atoms with van der Waals surface area (Å²) in [5.74, 6) is 8.00. The summed E-state index contributed by atoms with van der Waals surface area (Å²) >= 11 is 0. The first-order chi connectivity index (χ1) is 2.91. The predicted molar refractivity (Wildman–Crippen MR) is 30.0 cm³/mol. The fraction of sp³-hybridized carbons (Fsp3) is 0. The molecule has 0 aromatic carbocycles. The molecular formula is C2H6N4S. The molecule has 0 aliphatic heterocycles. The molecule has 0 rings (SSSR count). The summed E-state index contributed by atoms with van der Waals surface area (Å²) in [6.45, 7) is 0. The third kappa shape index (κ3) is 887. The van der Waals surface area contributed by atoms with Gasteiger partial charge in [0.15, 0.2) is 12.1 Å². The molecule has 0 saturated heterocycles. The average Bonchev–Trinajstić information content (AvgIpc) is 1.72. The van der Waals surface area contributed by atoms with Gasteiger partial charge in [-0.05, 0) is 0 Å². The van der Waals surface area contributed by atoms with Gasteiger partial charge in [0, 0.05) is 0 Å². The Balaban J connectivity index is -0.0000000480. The van der Waals surface area contributed by atoms with Crippen molar-refractivity contribution in [2.45, 2.75) is 0 Å². The predicted octanol–water partition coefficient (Wildman–Crippen LogP) is -1.03. The molecule has 0 aliphatic rings. The van der Waals surface area contributed by atoms with Crippen molar-refractivity contribution in [2.75, 3.05) is 0 Å². The molecule has 0 aromatic heterocycles. The highest BCUT2D eigenvalue weighted by molar-refractivity contribution is 7.59. The van der Waals surface area contributed by atoms with Gasteiger partial charge in [-0.15, -0.1) is 0 Å². The zero-order chi connectivity index (χ0) is 5.41. The van der Waals surface area contributed by atoms with E-state index in [0.29, 0.717) is 0 Å². The summed E-state index contributed by atoms with van der Waals surface area (Å²) in [7, 11) is 0. The van der Waals surface area contributed by atoms with Crippen LogP contribution < -0.4 is 11.7 Å². The van der Waals surface area contributed by atoms with Crippen molar-refractivity contribution in [3.8, 4) is 12.1 Å². The fourth-order valence-corrected chi connectivity index (χ4v) is 0. The Morgan fingerprint density at radius 1 is 1.00 bits per heavy atom. The van der Waals surface area contributed by atoms with Crippen molar-refractivity contribution in [3.05, 3.63) is 0 Å². The van der Waals surface area contributed by atoms with E-state index >= 15 is 0 Å². The van der Waals surface area contributed by atoms with Crippen LogP contribution in [0.5, 0.6) is 0 Å². The molecule has 7 heavy (non-hydrogen) atoms. The highest BCUT2D eigenvalue weighted by atomic mass is 32.1. The zero-order valence-electron chi connectivity index (χ0n) is 3.55. The van der Waals surface area contributed by atoms with Crippen LogP contribution in [0.1, 0.15) is 0 Å². The van der Waals surface area contributed by atoms with Gasteiger partial charge >= 0.3 is 0 Å². The number of nitrogens with zero attached hydrogens (tertiary/aromatic N) is 2. The minimum Gasteiger partial charge on any atom is -0.274 e. The van der Waals surface area contributed by atoms with Crippen molar-refractivity contribution >= 4 is 13.5 Å². The summed E-state index contributed by atoms with van der Waals surface area (Å²) in [4.78, 5) is 0. The van der Waals surface area contributed by atoms with E-state index in [1.807, 2.05) is 0 Å². The fourth-order valence-electron chi connectivity index (χ4n) is 0. The molecule has 0 unspecified atom stereocenters. The van der Waals surface area contributed by atoms with Crippen molar-refractivity contribution in [1.82, 2.24) is 0 Å². The van der Waals surface area contributed by atoms with E-state index < -0.39 is 0 Å². The van der Waals surface area contributed by atoms with Gasteiger partial charge in [0.25, 0.3) is 0 Å². The molecule has 4 nitrogen and oxygen atoms in total. The van der Waals surface area contributed by atoms with Crippen LogP contribution in [0, 0.1) is 22.7 Å². The molecule has 0 spiro atoms. The monoisotopic (exact) mass is 118 g/mol. The second-order valence-corrected chi connectivity index (χ2v) is 0.224. The van der Waals surface area contributed by atoms with Gasteiger partial charge in [-0.3, -0.25) is 11.7 Å². The standard InChI is InChI=1S/C2N2.H4N2.H2S/c3-1-2-4;1-2;/h;1-2H2;1H2. The Kier molecular flexibility index (Phi) is 141. The van der Waals surface area contributed by atoms with Crippen LogP contribution in [0.25, 0.3) is 0 Å². The maximum Gasteiger partial charge on any atom is 0.181 e. The topological polar surface area (TPSA) is 99.6 Å². The summed E-state index contributed by atoms with van der Waals surface area (Å²) in [6, 6.07) is 2.47. The highest BCUT2D eigenvalue weighted by Crippen LogP contribution is 1.27. The van der Waals surface area contributed by atoms with Crippen LogP contribution >= 0.6 is 13.5 Å². The van der Waals surface area contributed by atoms with E-state index in [0.717, 1.165) is 0 Å². The Morgan fingerprint density at radius 2 is 1.14 bits per heavy atom. The third-order valence-corrected chi connectivity index (χ3v) is 0.0500. The maximum absolute atomic E-state index is 7.26. The molecule has 5 heteroatoms. The normalized spacial score (nSPS) is 2.29. The van der Waals surface area contributed by atoms with Crippen LogP contribution in [-0.2, 0) is 0 Å². The summed E-state index contributed by atoms with van der Waals surface area (Å²) in [5.41, 5.74) is 0. The highest BCUT2D eigenvalue weighted by Gasteiger charge is 1.39. The lowest BCUT2D eigenvalue weighted by Gasteiger charge is -1.27. The molecule has 0 heterocycles. The molecule has 40 valence electrons. The van der Waals surface area contributed by atoms with Crippen LogP contribution in [0.3, 0.4) is 0 Å². The van der Waals surface area contributed by atoms with E-state index in [1.54, 1.807) is 0 Å². The minimum atomic E-state index is 0.